The Hall–Kier alpha value is -5.28. The van der Waals surface area contributed by atoms with Crippen LogP contribution in [-0.4, -0.2) is 82.6 Å². The highest BCUT2D eigenvalue weighted by Gasteiger charge is 2.53. The van der Waals surface area contributed by atoms with Gasteiger partial charge in [0, 0.05) is 28.5 Å². The van der Waals surface area contributed by atoms with E-state index in [4.69, 9.17) is 22.1 Å². The summed E-state index contributed by atoms with van der Waals surface area (Å²) >= 11 is 3.24. The lowest BCUT2D eigenvalue weighted by Crippen LogP contribution is -2.71. The van der Waals surface area contributed by atoms with Crippen molar-refractivity contribution in [2.24, 2.45) is 5.16 Å². The van der Waals surface area contributed by atoms with Crippen molar-refractivity contribution in [3.8, 4) is 11.5 Å². The molecule has 2 aromatic heterocycles. The number of hydrogen-bond acceptors (Lipinski definition) is 17. The molecule has 3 atom stereocenters. The highest BCUT2D eigenvalue weighted by molar-refractivity contribution is 8.01. The molecule has 240 valence electrons. The average Bonchev–Trinajstić information content (AvgIpc) is 3.44. The number of nitrogens with two attached hydrogens (primary N) is 3. The summed E-state index contributed by atoms with van der Waals surface area (Å²) in [5.74, 6) is 0.330. The van der Waals surface area contributed by atoms with Gasteiger partial charge < -0.3 is 46.8 Å². The first-order valence-corrected chi connectivity index (χ1v) is 15.7. The van der Waals surface area contributed by atoms with Crippen LogP contribution in [0.15, 0.2) is 57.4 Å². The van der Waals surface area contributed by atoms with Crippen LogP contribution in [0.5, 0.6) is 11.5 Å². The van der Waals surface area contributed by atoms with Gasteiger partial charge in [-0.3, -0.25) is 20.3 Å². The minimum atomic E-state index is -1.83. The minimum Gasteiger partial charge on any atom is -0.543 e. The number of anilines is 2. The number of nitrogens with one attached hydrogen (secondary N) is 1. The highest BCUT2D eigenvalue weighted by atomic mass is 32.2. The van der Waals surface area contributed by atoms with Gasteiger partial charge in [0.2, 0.25) is 11.9 Å². The third kappa shape index (κ3) is 6.41. The zero-order chi connectivity index (χ0) is 33.3. The van der Waals surface area contributed by atoms with E-state index in [2.05, 4.69) is 20.4 Å². The predicted molar refractivity (Wildman–Crippen MR) is 161 cm³/mol. The number of phenolic OH excluding ortho intramolecular Hbond substituents is 2. The largest absolute Gasteiger partial charge is 0.543 e. The van der Waals surface area contributed by atoms with Crippen LogP contribution in [0.3, 0.4) is 0 Å². The lowest BCUT2D eigenvalue weighted by molar-refractivity contribution is -0.682. The number of amides is 2. The van der Waals surface area contributed by atoms with Gasteiger partial charge in [-0.2, -0.15) is 0 Å². The number of rotatable bonds is 11. The molecule has 1 aromatic carbocycles. The summed E-state index contributed by atoms with van der Waals surface area (Å²) in [7, 11) is 0. The number of nitrogen functional groups attached to an aromatic ring is 3. The second-order valence-corrected chi connectivity index (χ2v) is 12.5. The first-order valence-electron chi connectivity index (χ1n) is 12.8. The summed E-state index contributed by atoms with van der Waals surface area (Å²) in [6, 6.07) is 3.44. The summed E-state index contributed by atoms with van der Waals surface area (Å²) < 4.78 is 1.21. The second-order valence-electron chi connectivity index (χ2n) is 9.51. The van der Waals surface area contributed by atoms with Crippen LogP contribution in [-0.2, 0) is 24.0 Å². The maximum Gasteiger partial charge on any atom is 0.384 e. The van der Waals surface area contributed by atoms with E-state index in [1.807, 2.05) is 0 Å². The van der Waals surface area contributed by atoms with Gasteiger partial charge in [-0.15, -0.1) is 27.8 Å². The molecule has 2 amide bonds. The number of aromatic nitrogens is 3. The molecule has 5 rings (SSSR count). The molecule has 4 heterocycles. The number of oxime groups is 1. The van der Waals surface area contributed by atoms with E-state index in [1.54, 1.807) is 0 Å². The summed E-state index contributed by atoms with van der Waals surface area (Å²) in [6.07, 6.45) is -0.345. The number of aliphatic carboxylic acids is 2. The molecule has 0 spiro atoms. The number of carboxylic acid groups (broad SMARTS) is 2. The Morgan fingerprint density at radius 1 is 1.24 bits per heavy atom. The van der Waals surface area contributed by atoms with Gasteiger partial charge >= 0.3 is 11.1 Å². The van der Waals surface area contributed by atoms with E-state index < -0.39 is 58.5 Å². The molecule has 2 aliphatic rings. The van der Waals surface area contributed by atoms with Crippen molar-refractivity contribution in [1.82, 2.24) is 20.2 Å². The number of benzene rings is 1. The molecule has 1 fully saturated rings. The molecule has 3 aromatic rings. The summed E-state index contributed by atoms with van der Waals surface area (Å²) in [5, 5.41) is 48.3. The molecule has 10 N–H and O–H groups in total. The van der Waals surface area contributed by atoms with Crippen molar-refractivity contribution in [2.75, 3.05) is 28.8 Å². The number of hydrogen-bond donors (Lipinski definition) is 7. The molecule has 2 aliphatic heterocycles. The summed E-state index contributed by atoms with van der Waals surface area (Å²) in [4.78, 5) is 65.0. The fourth-order valence-electron chi connectivity index (χ4n) is 4.34. The SMILES string of the molecule is Nc1cc[n+](N)c(SCC2=C(C(=O)[O-])N3C(=O)[C@@H](NC(=O)/C(=N\O[C@@H](C(=O)O)c4ccc(O)c(O)c4)c4csc(N)n4)[C@H]3SC2)n1. The fraction of sp³-hybridized carbons (Fsp3) is 0.200. The minimum absolute atomic E-state index is 0.0464. The summed E-state index contributed by atoms with van der Waals surface area (Å²) in [6.45, 7) is 0. The van der Waals surface area contributed by atoms with Crippen molar-refractivity contribution in [1.29, 1.82) is 0 Å². The number of nitrogens with zero attached hydrogens (tertiary/aromatic N) is 5. The van der Waals surface area contributed by atoms with Crippen molar-refractivity contribution in [3.63, 3.8) is 0 Å². The van der Waals surface area contributed by atoms with Gasteiger partial charge in [0.1, 0.15) is 23.3 Å². The fourth-order valence-corrected chi connectivity index (χ4v) is 7.28. The van der Waals surface area contributed by atoms with Crippen LogP contribution in [0.1, 0.15) is 17.4 Å². The Bertz CT molecular complexity index is 1820. The molecule has 1 saturated heterocycles. The maximum absolute atomic E-state index is 13.4. The van der Waals surface area contributed by atoms with Gasteiger partial charge in [0.15, 0.2) is 22.3 Å². The van der Waals surface area contributed by atoms with E-state index >= 15 is 0 Å². The van der Waals surface area contributed by atoms with Crippen molar-refractivity contribution < 1.29 is 49.1 Å². The van der Waals surface area contributed by atoms with Crippen LogP contribution < -0.4 is 32.4 Å². The quantitative estimate of drug-likeness (QED) is 0.0165. The zero-order valence-electron chi connectivity index (χ0n) is 23.1. The van der Waals surface area contributed by atoms with E-state index in [-0.39, 0.29) is 39.4 Å². The third-order valence-electron chi connectivity index (χ3n) is 6.51. The number of β-lactam (4-membered cyclic amide) rings is 1. The molecule has 0 saturated carbocycles. The number of thioether (sulfide) groups is 2. The smallest absolute Gasteiger partial charge is 0.384 e. The first-order chi connectivity index (χ1) is 21.8. The second kappa shape index (κ2) is 13.0. The predicted octanol–water partition coefficient (Wildman–Crippen LogP) is -2.14. The Kier molecular flexibility index (Phi) is 9.07. The number of carbonyl (C=O) groups is 4. The molecule has 21 heteroatoms. The topological polar surface area (TPSA) is 297 Å². The zero-order valence-corrected chi connectivity index (χ0v) is 25.5. The van der Waals surface area contributed by atoms with Gasteiger partial charge in [-0.1, -0.05) is 11.2 Å². The lowest BCUT2D eigenvalue weighted by Gasteiger charge is -2.50. The van der Waals surface area contributed by atoms with E-state index in [0.717, 1.165) is 40.1 Å². The summed E-state index contributed by atoms with van der Waals surface area (Å²) in [5.41, 5.74) is 10.7. The Balaban J connectivity index is 1.35. The van der Waals surface area contributed by atoms with Gasteiger partial charge in [0.05, 0.1) is 11.7 Å². The Morgan fingerprint density at radius 2 is 2.00 bits per heavy atom. The van der Waals surface area contributed by atoms with Crippen molar-refractivity contribution >= 4 is 75.3 Å². The number of thiazole rings is 1. The van der Waals surface area contributed by atoms with E-state index in [0.29, 0.717) is 10.7 Å². The molecule has 0 aliphatic carbocycles. The molecule has 18 nitrogen and oxygen atoms in total. The monoisotopic (exact) mass is 689 g/mol. The Morgan fingerprint density at radius 3 is 2.65 bits per heavy atom. The number of aromatic hydroxyl groups is 2. The van der Waals surface area contributed by atoms with Crippen molar-refractivity contribution in [2.45, 2.75) is 22.7 Å². The van der Waals surface area contributed by atoms with Crippen LogP contribution >= 0.6 is 34.9 Å². The molecule has 46 heavy (non-hydrogen) atoms. The normalized spacial score (nSPS) is 18.4. The number of fused-ring (bicyclic) bond motifs is 1. The standard InChI is InChI=1S/C25H23N9O9S3/c26-14-3-4-33(28)25(30-14)46-7-10-6-44-21-16(20(38)34(21)17(10)22(39)40)31-19(37)15(11-8-45-24(27)29-11)32-43-18(23(41)42)9-1-2-12(35)13(36)5-9/h1-5,8,16,18,21,26H,6-7,28H2,(H7,27,29,31,32,35,36,37,39,40,41,42)/t16-,18-,21-/m1/s1. The Labute approximate surface area is 270 Å². The molecule has 0 radical (unpaired) electrons. The van der Waals surface area contributed by atoms with E-state index in [1.165, 1.54) is 40.1 Å². The van der Waals surface area contributed by atoms with Gasteiger partial charge in [-0.25, -0.2) is 9.78 Å². The lowest BCUT2D eigenvalue weighted by atomic mass is 10.0. The molecular formula is C25H23N9O9S3. The molecule has 0 bridgehead atoms. The average molecular weight is 690 g/mol. The van der Waals surface area contributed by atoms with Crippen LogP contribution in [0.4, 0.5) is 10.9 Å². The van der Waals surface area contributed by atoms with Gasteiger partial charge in [0.25, 0.3) is 11.8 Å². The number of carbonyl (C=O) groups excluding carboxylic acids is 3. The van der Waals surface area contributed by atoms with Crippen LogP contribution in [0.25, 0.3) is 0 Å². The van der Waals surface area contributed by atoms with Crippen LogP contribution in [0, 0.1) is 0 Å². The van der Waals surface area contributed by atoms with Crippen molar-refractivity contribution in [3.05, 3.63) is 58.4 Å². The van der Waals surface area contributed by atoms with E-state index in [9.17, 15) is 39.6 Å². The number of carboxylic acids is 2. The number of phenols is 2. The molecular weight excluding hydrogens is 667 g/mol. The highest BCUT2D eigenvalue weighted by Crippen LogP contribution is 2.41. The maximum atomic E-state index is 13.4. The third-order valence-corrected chi connectivity index (χ3v) is 9.58. The van der Waals surface area contributed by atoms with Crippen LogP contribution in [0.2, 0.25) is 0 Å². The van der Waals surface area contributed by atoms with Gasteiger partial charge in [-0.05, 0) is 34.5 Å². The molecule has 0 unspecified atom stereocenters. The first kappa shape index (κ1) is 32.1.